The summed E-state index contributed by atoms with van der Waals surface area (Å²) in [6.45, 7) is 8.48. The number of ether oxygens (including phenoxy) is 1. The van der Waals surface area contributed by atoms with Gasteiger partial charge in [0.1, 0.15) is 30.2 Å². The van der Waals surface area contributed by atoms with E-state index in [9.17, 15) is 18.7 Å². The Morgan fingerprint density at radius 2 is 1.80 bits per heavy atom. The summed E-state index contributed by atoms with van der Waals surface area (Å²) < 4.78 is 29.8. The summed E-state index contributed by atoms with van der Waals surface area (Å²) in [6.07, 6.45) is -0.420. The normalized spacial score (nSPS) is 42.5. The Morgan fingerprint density at radius 1 is 1.30 bits per heavy atom. The monoisotopic (exact) mass is 321 g/mol. The van der Waals surface area contributed by atoms with Crippen LogP contribution >= 0.6 is 14.3 Å². The molecule has 20 heavy (non-hydrogen) atoms. The van der Waals surface area contributed by atoms with Gasteiger partial charge in [0.05, 0.1) is 0 Å². The number of alkyl carbamates (subject to hydrolysis) is 1. The summed E-state index contributed by atoms with van der Waals surface area (Å²) in [5.41, 5.74) is -0.601. The van der Waals surface area contributed by atoms with Crippen LogP contribution in [0, 0.1) is 0 Å². The lowest BCUT2D eigenvalue weighted by Crippen LogP contribution is -2.69. The molecule has 3 saturated heterocycles. The minimum absolute atomic E-state index is 0.142. The average molecular weight is 321 g/mol. The molecule has 3 heterocycles. The maximum absolute atomic E-state index is 12.4. The van der Waals surface area contributed by atoms with Crippen LogP contribution in [0.3, 0.4) is 0 Å². The van der Waals surface area contributed by atoms with Crippen molar-refractivity contribution in [2.75, 3.05) is 19.9 Å². The van der Waals surface area contributed by atoms with E-state index in [2.05, 4.69) is 5.32 Å². The van der Waals surface area contributed by atoms with Crippen LogP contribution in [0.4, 0.5) is 4.79 Å². The average Bonchev–Trinajstić information content (AvgIpc) is 2.20. The first-order valence-electron chi connectivity index (χ1n) is 6.54. The molecule has 0 saturated carbocycles. The van der Waals surface area contributed by atoms with Gasteiger partial charge in [-0.15, -0.1) is 0 Å². The first kappa shape index (κ1) is 15.8. The lowest BCUT2D eigenvalue weighted by molar-refractivity contribution is -0.122. The number of amides is 1. The molecule has 2 atom stereocenters. The molecule has 1 N–H and O–H groups in total. The van der Waals surface area contributed by atoms with E-state index < -0.39 is 36.3 Å². The molecule has 2 bridgehead atoms. The zero-order chi connectivity index (χ0) is 15.6. The van der Waals surface area contributed by atoms with Gasteiger partial charge in [-0.25, -0.2) is 4.79 Å². The van der Waals surface area contributed by atoms with Crippen molar-refractivity contribution >= 4 is 26.2 Å². The lowest BCUT2D eigenvalue weighted by Gasteiger charge is -2.68. The van der Waals surface area contributed by atoms with Crippen molar-refractivity contribution in [2.24, 2.45) is 0 Å². The topological polar surface area (TPSA) is 89.5 Å². The molecule has 0 aliphatic carbocycles. The molecular weight excluding hydrogens is 300 g/mol. The first-order valence-corrected chi connectivity index (χ1v) is 11.0. The second-order valence-corrected chi connectivity index (χ2v) is 14.0. The SMILES string of the molecule is CC(C)(C)OC(=O)NCCC12C(=O)C(P1(C)=O)P2(C)=O. The van der Waals surface area contributed by atoms with Gasteiger partial charge in [0, 0.05) is 6.54 Å². The van der Waals surface area contributed by atoms with Crippen LogP contribution in [0.25, 0.3) is 0 Å². The van der Waals surface area contributed by atoms with Crippen LogP contribution in [0.5, 0.6) is 0 Å². The standard InChI is InChI=1S/C12H21NO5P2/c1-11(2,3)18-10(15)13-7-6-12-8(14)9(19(12,4)16)20(12,5)17/h9H,6-7H2,1-5H3,(H,13,15). The molecule has 8 heteroatoms. The van der Waals surface area contributed by atoms with Gasteiger partial charge < -0.3 is 19.2 Å². The molecule has 3 aliphatic heterocycles. The minimum Gasteiger partial charge on any atom is -0.444 e. The summed E-state index contributed by atoms with van der Waals surface area (Å²) in [4.78, 5) is 22.2. The van der Waals surface area contributed by atoms with Crippen LogP contribution in [-0.2, 0) is 18.7 Å². The van der Waals surface area contributed by atoms with Crippen LogP contribution in [-0.4, -0.2) is 47.6 Å². The van der Waals surface area contributed by atoms with Gasteiger partial charge in [-0.3, -0.25) is 4.79 Å². The molecule has 0 spiro atoms. The summed E-state index contributed by atoms with van der Waals surface area (Å²) in [6, 6.07) is 0. The zero-order valence-electron chi connectivity index (χ0n) is 12.4. The molecule has 0 aromatic rings. The Hall–Kier alpha value is -0.600. The van der Waals surface area contributed by atoms with Gasteiger partial charge in [-0.2, -0.15) is 0 Å². The molecule has 2 unspecified atom stereocenters. The predicted octanol–water partition coefficient (Wildman–Crippen LogP) is 2.51. The molecule has 0 radical (unpaired) electrons. The second-order valence-electron chi connectivity index (χ2n) is 6.71. The van der Waals surface area contributed by atoms with Crippen molar-refractivity contribution < 1.29 is 23.5 Å². The molecular formula is C12H21NO5P2. The molecule has 1 amide bonds. The second kappa shape index (κ2) is 4.20. The van der Waals surface area contributed by atoms with Gasteiger partial charge in [0.15, 0.2) is 5.78 Å². The van der Waals surface area contributed by atoms with Crippen LogP contribution in [0.15, 0.2) is 0 Å². The molecule has 6 nitrogen and oxygen atoms in total. The van der Waals surface area contributed by atoms with E-state index in [1.807, 2.05) is 0 Å². The summed E-state index contributed by atoms with van der Waals surface area (Å²) in [5, 5.41) is 1.82. The summed E-state index contributed by atoms with van der Waals surface area (Å²) >= 11 is 0. The Kier molecular flexibility index (Phi) is 3.32. The Labute approximate surface area is 118 Å². The fourth-order valence-electron chi connectivity index (χ4n) is 3.34. The maximum Gasteiger partial charge on any atom is 0.407 e. The quantitative estimate of drug-likeness (QED) is 0.807. The Morgan fingerprint density at radius 3 is 2.15 bits per heavy atom. The molecule has 3 rings (SSSR count). The van der Waals surface area contributed by atoms with Gasteiger partial charge in [0.2, 0.25) is 0 Å². The number of hydrogen-bond donors (Lipinski definition) is 1. The third kappa shape index (κ3) is 1.77. The van der Waals surface area contributed by atoms with E-state index in [0.29, 0.717) is 0 Å². The molecule has 114 valence electrons. The van der Waals surface area contributed by atoms with E-state index in [1.165, 1.54) is 0 Å². The number of hydrogen-bond acceptors (Lipinski definition) is 5. The highest BCUT2D eigenvalue weighted by atomic mass is 31.3. The van der Waals surface area contributed by atoms with Crippen LogP contribution in [0.1, 0.15) is 27.2 Å². The van der Waals surface area contributed by atoms with Gasteiger partial charge in [0.25, 0.3) is 0 Å². The van der Waals surface area contributed by atoms with Crippen molar-refractivity contribution in [1.29, 1.82) is 0 Å². The van der Waals surface area contributed by atoms with Crippen molar-refractivity contribution in [3.05, 3.63) is 0 Å². The molecule has 3 fully saturated rings. The van der Waals surface area contributed by atoms with Gasteiger partial charge >= 0.3 is 6.09 Å². The fraction of sp³-hybridized carbons (Fsp3) is 0.833. The highest BCUT2D eigenvalue weighted by Gasteiger charge is 2.90. The fourth-order valence-corrected chi connectivity index (χ4v) is 15.1. The number of ketones is 1. The van der Waals surface area contributed by atoms with Crippen LogP contribution in [0.2, 0.25) is 0 Å². The highest BCUT2D eigenvalue weighted by molar-refractivity contribution is 8.06. The van der Waals surface area contributed by atoms with E-state index in [-0.39, 0.29) is 18.7 Å². The van der Waals surface area contributed by atoms with E-state index in [0.717, 1.165) is 0 Å². The third-order valence-electron chi connectivity index (χ3n) is 4.17. The maximum atomic E-state index is 12.4. The zero-order valence-corrected chi connectivity index (χ0v) is 14.2. The summed E-state index contributed by atoms with van der Waals surface area (Å²) in [5.74, 6) is -0.153. The van der Waals surface area contributed by atoms with Gasteiger partial charge in [-0.1, -0.05) is 0 Å². The van der Waals surface area contributed by atoms with E-state index >= 15 is 0 Å². The van der Waals surface area contributed by atoms with Crippen molar-refractivity contribution in [3.63, 3.8) is 0 Å². The van der Waals surface area contributed by atoms with Crippen LogP contribution < -0.4 is 5.32 Å². The third-order valence-corrected chi connectivity index (χ3v) is 15.4. The summed E-state index contributed by atoms with van der Waals surface area (Å²) in [7, 11) is -5.35. The number of nitrogens with one attached hydrogen (secondary N) is 1. The van der Waals surface area contributed by atoms with Gasteiger partial charge in [-0.05, 0) is 40.5 Å². The predicted molar refractivity (Wildman–Crippen MR) is 77.4 cm³/mol. The number of Topliss-reactive ketones (excluding diaryl/α,β-unsaturated/α-hetero) is 1. The number of rotatable bonds is 3. The largest absolute Gasteiger partial charge is 0.444 e. The highest BCUT2D eigenvalue weighted by Crippen LogP contribution is 3.02. The van der Waals surface area contributed by atoms with Crippen molar-refractivity contribution in [3.8, 4) is 0 Å². The Bertz CT molecular complexity index is 553. The number of carbonyl (C=O) groups excluding carboxylic acids is 2. The lowest BCUT2D eigenvalue weighted by atomic mass is 10.2. The molecule has 0 aromatic carbocycles. The minimum atomic E-state index is -2.67. The smallest absolute Gasteiger partial charge is 0.407 e. The molecule has 3 aliphatic rings. The molecule has 0 aromatic heterocycles. The number of carbonyl (C=O) groups is 2. The van der Waals surface area contributed by atoms with E-state index in [4.69, 9.17) is 4.74 Å². The van der Waals surface area contributed by atoms with E-state index in [1.54, 1.807) is 34.1 Å². The van der Waals surface area contributed by atoms with Crippen molar-refractivity contribution in [2.45, 2.75) is 43.1 Å². The van der Waals surface area contributed by atoms with Crippen molar-refractivity contribution in [1.82, 2.24) is 5.32 Å². The Balaban J connectivity index is 1.95. The first-order chi connectivity index (χ1) is 8.88.